The Morgan fingerprint density at radius 2 is 0.915 bits per heavy atom. The number of fused-ring (bicyclic) bond motifs is 2. The Morgan fingerprint density at radius 3 is 1.17 bits per heavy atom. The lowest BCUT2D eigenvalue weighted by Gasteiger charge is -2.47. The van der Waals surface area contributed by atoms with Crippen LogP contribution >= 0.6 is 0 Å². The van der Waals surface area contributed by atoms with E-state index in [1.165, 1.54) is 0 Å². The van der Waals surface area contributed by atoms with Crippen LogP contribution in [-0.4, -0.2) is 72.9 Å². The molecule has 0 radical (unpaired) electrons. The Labute approximate surface area is 254 Å². The van der Waals surface area contributed by atoms with Crippen LogP contribution in [0.25, 0.3) is 0 Å². The average molecular weight is 734 g/mol. The number of hydrogen-bond donors (Lipinski definition) is 1. The van der Waals surface area contributed by atoms with Crippen LogP contribution in [0.15, 0.2) is 12.3 Å². The molecule has 0 amide bonds. The first-order valence-corrected chi connectivity index (χ1v) is 13.2. The SMILES string of the molecule is C=C(C)OC(CC1C(CC(OCOC)(C(F)(F)F)C(F)(F)F)C2C(C)C(C)C1C2C(O)(C(F)(F)F)C(F)(F)F)(C(F)(F)F)C(F)(F)F. The van der Waals surface area contributed by atoms with Crippen LogP contribution in [-0.2, 0) is 14.2 Å². The minimum atomic E-state index is -6.83. The summed E-state index contributed by atoms with van der Waals surface area (Å²) in [5, 5.41) is 10.3. The van der Waals surface area contributed by atoms with E-state index < -0.39 is 121 Å². The number of halogens is 18. The fourth-order valence-corrected chi connectivity index (χ4v) is 7.45. The number of allylic oxidation sites excluding steroid dienone is 1. The molecule has 2 aliphatic carbocycles. The molecule has 7 atom stereocenters. The minimum Gasteiger partial charge on any atom is -0.474 e. The number of aliphatic hydroxyl groups is 1. The van der Waals surface area contributed by atoms with Crippen LogP contribution in [0.4, 0.5) is 79.0 Å². The molecule has 2 fully saturated rings. The zero-order valence-corrected chi connectivity index (χ0v) is 24.3. The van der Waals surface area contributed by atoms with Crippen molar-refractivity contribution in [3.63, 3.8) is 0 Å². The van der Waals surface area contributed by atoms with Gasteiger partial charge in [0.25, 0.3) is 16.8 Å². The van der Waals surface area contributed by atoms with Crippen LogP contribution in [0.5, 0.6) is 0 Å². The first-order valence-electron chi connectivity index (χ1n) is 13.2. The van der Waals surface area contributed by atoms with Crippen LogP contribution < -0.4 is 0 Å². The van der Waals surface area contributed by atoms with Crippen molar-refractivity contribution in [3.8, 4) is 0 Å². The van der Waals surface area contributed by atoms with Crippen molar-refractivity contribution in [1.29, 1.82) is 0 Å². The number of hydrogen-bond acceptors (Lipinski definition) is 4. The summed E-state index contributed by atoms with van der Waals surface area (Å²) in [4.78, 5) is 0. The highest BCUT2D eigenvalue weighted by Crippen LogP contribution is 2.72. The molecule has 2 saturated carbocycles. The summed E-state index contributed by atoms with van der Waals surface area (Å²) in [7, 11) is 0.500. The van der Waals surface area contributed by atoms with E-state index in [9.17, 15) is 84.1 Å². The molecule has 0 spiro atoms. The van der Waals surface area contributed by atoms with Gasteiger partial charge in [-0.05, 0) is 48.9 Å². The molecule has 7 unspecified atom stereocenters. The third-order valence-corrected chi connectivity index (χ3v) is 9.41. The summed E-state index contributed by atoms with van der Waals surface area (Å²) in [5.41, 5.74) is -17.2. The van der Waals surface area contributed by atoms with E-state index in [4.69, 9.17) is 0 Å². The van der Waals surface area contributed by atoms with Crippen molar-refractivity contribution in [2.24, 2.45) is 41.4 Å². The quantitative estimate of drug-likeness (QED) is 0.139. The van der Waals surface area contributed by atoms with E-state index in [0.717, 1.165) is 13.8 Å². The van der Waals surface area contributed by atoms with E-state index in [-0.39, 0.29) is 0 Å². The lowest BCUT2D eigenvalue weighted by atomic mass is 9.63. The molecule has 1 N–H and O–H groups in total. The maximum Gasteiger partial charge on any atom is 0.437 e. The van der Waals surface area contributed by atoms with E-state index in [1.54, 1.807) is 0 Å². The van der Waals surface area contributed by atoms with Crippen LogP contribution in [0.2, 0.25) is 0 Å². The molecule has 0 heterocycles. The molecule has 2 bridgehead atoms. The monoisotopic (exact) mass is 734 g/mol. The average Bonchev–Trinajstić information content (AvgIpc) is 3.25. The second kappa shape index (κ2) is 12.2. The van der Waals surface area contributed by atoms with E-state index in [0.29, 0.717) is 14.0 Å². The van der Waals surface area contributed by atoms with Crippen molar-refractivity contribution >= 4 is 0 Å². The van der Waals surface area contributed by atoms with Gasteiger partial charge in [-0.15, -0.1) is 0 Å². The molecular formula is C25H28F18O4. The zero-order chi connectivity index (χ0) is 37.4. The second-order valence-electron chi connectivity index (χ2n) is 11.9. The maximum absolute atomic E-state index is 14.3. The molecule has 0 aliphatic heterocycles. The smallest absolute Gasteiger partial charge is 0.437 e. The van der Waals surface area contributed by atoms with Crippen molar-refractivity contribution in [1.82, 2.24) is 0 Å². The summed E-state index contributed by atoms with van der Waals surface area (Å²) in [5.74, 6) is -20.5. The van der Waals surface area contributed by atoms with Crippen molar-refractivity contribution in [2.45, 2.75) is 87.5 Å². The highest BCUT2D eigenvalue weighted by atomic mass is 19.4. The molecule has 4 nitrogen and oxygen atoms in total. The van der Waals surface area contributed by atoms with Gasteiger partial charge in [-0.25, -0.2) is 0 Å². The Hall–Kier alpha value is -1.84. The van der Waals surface area contributed by atoms with Gasteiger partial charge in [-0.1, -0.05) is 20.4 Å². The number of methoxy groups -OCH3 is 1. The molecular weight excluding hydrogens is 706 g/mol. The molecule has 0 saturated heterocycles. The lowest BCUT2D eigenvalue weighted by molar-refractivity contribution is -0.401. The molecule has 0 aromatic carbocycles. The fraction of sp³-hybridized carbons (Fsp3) is 0.920. The largest absolute Gasteiger partial charge is 0.474 e. The Kier molecular flexibility index (Phi) is 10.7. The molecule has 47 heavy (non-hydrogen) atoms. The third kappa shape index (κ3) is 6.47. The summed E-state index contributed by atoms with van der Waals surface area (Å²) in [6.07, 6.45) is -46.0. The first-order chi connectivity index (χ1) is 20.6. The first kappa shape index (κ1) is 41.3. The Morgan fingerprint density at radius 1 is 0.596 bits per heavy atom. The second-order valence-corrected chi connectivity index (χ2v) is 11.9. The molecule has 2 aliphatic rings. The summed E-state index contributed by atoms with van der Waals surface area (Å²) >= 11 is 0. The molecule has 22 heteroatoms. The van der Waals surface area contributed by atoms with Gasteiger partial charge in [0.1, 0.15) is 6.79 Å². The molecule has 0 aromatic rings. The molecule has 2 rings (SSSR count). The highest BCUT2D eigenvalue weighted by molar-refractivity contribution is 5.20. The van der Waals surface area contributed by atoms with Gasteiger partial charge in [0.2, 0.25) is 0 Å². The van der Waals surface area contributed by atoms with Crippen molar-refractivity contribution in [2.75, 3.05) is 13.9 Å². The molecule has 278 valence electrons. The highest BCUT2D eigenvalue weighted by Gasteiger charge is 2.84. The van der Waals surface area contributed by atoms with Crippen molar-refractivity contribution < 1.29 is 98.3 Å². The number of rotatable bonds is 10. The standard InChI is InChI=1S/C25H28F18O4/c1-9(2)47-18(22(32,33)34,23(35,36)37)7-13-12(6-17(20(26,27)28,21(29,30)31)46-8-45-5)14-10(3)11(4)15(13)16(14)19(44,24(38,39)40)25(41,42)43/h10-16,44H,1,6-8H2,2-5H3. The van der Waals surface area contributed by atoms with Gasteiger partial charge in [0, 0.05) is 19.4 Å². The number of alkyl halides is 18. The van der Waals surface area contributed by atoms with Gasteiger partial charge < -0.3 is 19.3 Å². The Bertz CT molecular complexity index is 1070. The van der Waals surface area contributed by atoms with E-state index >= 15 is 0 Å². The summed E-state index contributed by atoms with van der Waals surface area (Å²) < 4.78 is 268. The van der Waals surface area contributed by atoms with Crippen molar-refractivity contribution in [3.05, 3.63) is 12.3 Å². The summed E-state index contributed by atoms with van der Waals surface area (Å²) in [6, 6.07) is 0. The fourth-order valence-electron chi connectivity index (χ4n) is 7.45. The minimum absolute atomic E-state index is 0.418. The van der Waals surface area contributed by atoms with Gasteiger partial charge in [0.05, 0.1) is 5.76 Å². The van der Waals surface area contributed by atoms with Crippen LogP contribution in [0.1, 0.15) is 33.6 Å². The predicted octanol–water partition coefficient (Wildman–Crippen LogP) is 8.90. The Balaban J connectivity index is 3.12. The van der Waals surface area contributed by atoms with Crippen LogP contribution in [0, 0.1) is 41.4 Å². The van der Waals surface area contributed by atoms with Gasteiger partial charge in [0.15, 0.2) is 0 Å². The zero-order valence-electron chi connectivity index (χ0n) is 24.3. The lowest BCUT2D eigenvalue weighted by Crippen LogP contribution is -2.63. The summed E-state index contributed by atoms with van der Waals surface area (Å²) in [6.45, 7) is 2.72. The van der Waals surface area contributed by atoms with Gasteiger partial charge in [-0.2, -0.15) is 79.0 Å². The topological polar surface area (TPSA) is 47.9 Å². The third-order valence-electron chi connectivity index (χ3n) is 9.41. The van der Waals surface area contributed by atoms with Gasteiger partial charge >= 0.3 is 37.1 Å². The predicted molar refractivity (Wildman–Crippen MR) is 121 cm³/mol. The van der Waals surface area contributed by atoms with Crippen LogP contribution in [0.3, 0.4) is 0 Å². The maximum atomic E-state index is 14.3. The van der Waals surface area contributed by atoms with Gasteiger partial charge in [-0.3, -0.25) is 0 Å². The normalized spacial score (nSPS) is 28.6. The van der Waals surface area contributed by atoms with E-state index in [2.05, 4.69) is 20.8 Å². The van der Waals surface area contributed by atoms with E-state index in [1.807, 2.05) is 0 Å². The molecule has 0 aromatic heterocycles. The number of ether oxygens (including phenoxy) is 3.